The van der Waals surface area contributed by atoms with Crippen molar-refractivity contribution in [3.63, 3.8) is 0 Å². The van der Waals surface area contributed by atoms with Crippen LogP contribution in [0, 0.1) is 11.8 Å². The molecular formula is C33H40N4O4. The van der Waals surface area contributed by atoms with Gasteiger partial charge in [-0.1, -0.05) is 50.3 Å². The molecule has 0 unspecified atom stereocenters. The minimum Gasteiger partial charge on any atom is -0.480 e. The average Bonchev–Trinajstić information content (AvgIpc) is 3.12. The molecule has 3 aromatic rings. The Labute approximate surface area is 240 Å². The number of carboxylic acid groups (broad SMARTS) is 1. The summed E-state index contributed by atoms with van der Waals surface area (Å²) in [6, 6.07) is 13.9. The molecule has 8 heteroatoms. The predicted molar refractivity (Wildman–Crippen MR) is 158 cm³/mol. The number of hydrogen-bond acceptors (Lipinski definition) is 5. The second kappa shape index (κ2) is 10.9. The van der Waals surface area contributed by atoms with E-state index in [1.807, 2.05) is 28.8 Å². The molecule has 2 aliphatic carbocycles. The highest BCUT2D eigenvalue weighted by atomic mass is 16.4. The van der Waals surface area contributed by atoms with Crippen LogP contribution in [0.5, 0.6) is 0 Å². The van der Waals surface area contributed by atoms with Gasteiger partial charge in [-0.15, -0.1) is 0 Å². The van der Waals surface area contributed by atoms with Crippen molar-refractivity contribution in [1.82, 2.24) is 19.0 Å². The normalized spacial score (nSPS) is 30.1. The first-order valence-electron chi connectivity index (χ1n) is 15.7. The van der Waals surface area contributed by atoms with Gasteiger partial charge in [0.15, 0.2) is 5.69 Å². The van der Waals surface area contributed by atoms with Crippen LogP contribution in [-0.4, -0.2) is 48.2 Å². The fraction of sp³-hybridized carbons (Fsp3) is 0.576. The predicted octanol–water partition coefficient (Wildman–Crippen LogP) is 5.23. The fourth-order valence-corrected chi connectivity index (χ4v) is 9.02. The first-order valence-corrected chi connectivity index (χ1v) is 15.7. The zero-order chi connectivity index (χ0) is 28.1. The van der Waals surface area contributed by atoms with E-state index in [4.69, 9.17) is 4.98 Å². The van der Waals surface area contributed by atoms with Crippen LogP contribution < -0.4 is 11.1 Å². The van der Waals surface area contributed by atoms with Crippen molar-refractivity contribution < 1.29 is 9.90 Å². The Morgan fingerprint density at radius 1 is 0.780 bits per heavy atom. The first kappa shape index (κ1) is 26.6. The Hall–Kier alpha value is -3.26. The summed E-state index contributed by atoms with van der Waals surface area (Å²) in [6.45, 7) is -0.519. The van der Waals surface area contributed by atoms with Crippen molar-refractivity contribution in [3.05, 3.63) is 63.2 Å². The van der Waals surface area contributed by atoms with E-state index >= 15 is 0 Å². The molecule has 4 heterocycles. The summed E-state index contributed by atoms with van der Waals surface area (Å²) in [5.74, 6) is 0.620. The van der Waals surface area contributed by atoms with Gasteiger partial charge in [-0.2, -0.15) is 0 Å². The molecule has 1 N–H and O–H groups in total. The molecule has 8 nitrogen and oxygen atoms in total. The second-order valence-electron chi connectivity index (χ2n) is 13.0. The summed E-state index contributed by atoms with van der Waals surface area (Å²) in [5.41, 5.74) is 1.20. The maximum Gasteiger partial charge on any atom is 0.323 e. The number of carbonyl (C=O) groups is 1. The van der Waals surface area contributed by atoms with Crippen LogP contribution in [0.4, 0.5) is 0 Å². The number of benzene rings is 1. The smallest absolute Gasteiger partial charge is 0.323 e. The maximum absolute atomic E-state index is 14.3. The second-order valence-corrected chi connectivity index (χ2v) is 13.0. The van der Waals surface area contributed by atoms with Gasteiger partial charge in [0.05, 0.1) is 16.7 Å². The van der Waals surface area contributed by atoms with Crippen molar-refractivity contribution in [2.75, 3.05) is 0 Å². The Bertz CT molecular complexity index is 1550. The number of rotatable bonds is 5. The Morgan fingerprint density at radius 3 is 2.20 bits per heavy atom. The molecule has 4 bridgehead atoms. The number of aromatic nitrogens is 3. The van der Waals surface area contributed by atoms with Crippen molar-refractivity contribution in [2.45, 2.75) is 108 Å². The zero-order valence-electron chi connectivity index (χ0n) is 23.7. The van der Waals surface area contributed by atoms with Gasteiger partial charge < -0.3 is 9.67 Å². The largest absolute Gasteiger partial charge is 0.480 e. The van der Waals surface area contributed by atoms with E-state index in [9.17, 15) is 19.5 Å². The van der Waals surface area contributed by atoms with E-state index in [2.05, 4.69) is 4.90 Å². The molecule has 7 rings (SSSR count). The van der Waals surface area contributed by atoms with Gasteiger partial charge in [0.2, 0.25) is 0 Å². The number of nitrogens with zero attached hydrogens (tertiary/aromatic N) is 4. The molecule has 6 atom stereocenters. The van der Waals surface area contributed by atoms with Crippen molar-refractivity contribution in [1.29, 1.82) is 0 Å². The molecule has 0 radical (unpaired) electrons. The van der Waals surface area contributed by atoms with E-state index in [1.54, 1.807) is 12.1 Å². The molecule has 4 aliphatic rings. The van der Waals surface area contributed by atoms with E-state index in [0.29, 0.717) is 23.6 Å². The van der Waals surface area contributed by atoms with Gasteiger partial charge in [-0.25, -0.2) is 4.98 Å². The Balaban J connectivity index is 1.28. The lowest BCUT2D eigenvalue weighted by atomic mass is 9.73. The summed E-state index contributed by atoms with van der Waals surface area (Å²) >= 11 is 0. The molecule has 2 saturated carbocycles. The number of hydrogen-bond donors (Lipinski definition) is 1. The highest BCUT2D eigenvalue weighted by molar-refractivity contribution is 5.78. The number of aliphatic carboxylic acids is 1. The molecule has 4 fully saturated rings. The summed E-state index contributed by atoms with van der Waals surface area (Å²) < 4.78 is 3.08. The van der Waals surface area contributed by atoms with Gasteiger partial charge in [0, 0.05) is 30.2 Å². The average molecular weight is 557 g/mol. The summed E-state index contributed by atoms with van der Waals surface area (Å²) in [6.07, 6.45) is 15.2. The van der Waals surface area contributed by atoms with Crippen LogP contribution >= 0.6 is 0 Å². The fourth-order valence-electron chi connectivity index (χ4n) is 9.02. The molecule has 2 saturated heterocycles. The lowest BCUT2D eigenvalue weighted by Gasteiger charge is -2.54. The van der Waals surface area contributed by atoms with Gasteiger partial charge >= 0.3 is 5.97 Å². The third kappa shape index (κ3) is 4.94. The monoisotopic (exact) mass is 556 g/mol. The molecule has 2 aliphatic heterocycles. The quantitative estimate of drug-likeness (QED) is 0.462. The van der Waals surface area contributed by atoms with Crippen LogP contribution in [0.2, 0.25) is 0 Å². The lowest BCUT2D eigenvalue weighted by Crippen LogP contribution is -2.58. The topological polar surface area (TPSA) is 97.4 Å². The van der Waals surface area contributed by atoms with E-state index < -0.39 is 18.1 Å². The Morgan fingerprint density at radius 2 is 1.49 bits per heavy atom. The SMILES string of the molecule is O=C(O)Cn1c(-c2nc3ccccc3n([C@H]3C[C@H]4CCC[C@@H](C3)N4[C@@H]3C[C@@H]4CCCC[C@@H](C4)C3)c2=O)cccc1=O. The number of para-hydroxylation sites is 2. The van der Waals surface area contributed by atoms with Crippen LogP contribution in [0.25, 0.3) is 22.4 Å². The molecular weight excluding hydrogens is 516 g/mol. The summed E-state index contributed by atoms with van der Waals surface area (Å²) in [4.78, 5) is 46.2. The molecule has 1 aromatic carbocycles. The summed E-state index contributed by atoms with van der Waals surface area (Å²) in [7, 11) is 0. The standard InChI is InChI=1S/C33H40N4O4/c38-30-14-6-13-29(35(30)20-31(39)40)32-33(41)37(28-12-4-3-11-27(28)34-32)26-18-23-9-5-10-24(19-26)36(23)25-16-21-7-1-2-8-22(15-21)17-25/h3-4,6,11-14,21-26H,1-2,5,7-10,15-20H2,(H,39,40)/t21-,22+,23-,24+,25-,26+. The summed E-state index contributed by atoms with van der Waals surface area (Å²) in [5, 5.41) is 9.49. The lowest BCUT2D eigenvalue weighted by molar-refractivity contribution is -0.137. The number of piperidine rings is 2. The Kier molecular flexibility index (Phi) is 7.05. The molecule has 2 aromatic heterocycles. The third-order valence-electron chi connectivity index (χ3n) is 10.5. The first-order chi connectivity index (χ1) is 20.0. The molecule has 41 heavy (non-hydrogen) atoms. The minimum atomic E-state index is -1.14. The van der Waals surface area contributed by atoms with Crippen LogP contribution in [0.3, 0.4) is 0 Å². The number of carboxylic acids is 1. The molecule has 216 valence electrons. The van der Waals surface area contributed by atoms with Gasteiger partial charge in [0.25, 0.3) is 11.1 Å². The minimum absolute atomic E-state index is 0.0370. The van der Waals surface area contributed by atoms with Crippen LogP contribution in [0.15, 0.2) is 52.1 Å². The van der Waals surface area contributed by atoms with E-state index in [1.165, 1.54) is 70.3 Å². The highest BCUT2D eigenvalue weighted by Crippen LogP contribution is 2.47. The van der Waals surface area contributed by atoms with Crippen molar-refractivity contribution in [3.8, 4) is 11.4 Å². The van der Waals surface area contributed by atoms with E-state index in [-0.39, 0.29) is 23.0 Å². The van der Waals surface area contributed by atoms with Crippen LogP contribution in [0.1, 0.15) is 83.1 Å². The van der Waals surface area contributed by atoms with Crippen molar-refractivity contribution in [2.24, 2.45) is 11.8 Å². The molecule has 0 amide bonds. The maximum atomic E-state index is 14.3. The highest BCUT2D eigenvalue weighted by Gasteiger charge is 2.45. The number of pyridine rings is 1. The number of fused-ring (bicyclic) bond motifs is 5. The van der Waals surface area contributed by atoms with Gasteiger partial charge in [-0.3, -0.25) is 23.9 Å². The van der Waals surface area contributed by atoms with Gasteiger partial charge in [0.1, 0.15) is 6.54 Å². The third-order valence-corrected chi connectivity index (χ3v) is 10.5. The van der Waals surface area contributed by atoms with Crippen LogP contribution in [-0.2, 0) is 11.3 Å². The molecule has 0 spiro atoms. The zero-order valence-corrected chi connectivity index (χ0v) is 23.7. The van der Waals surface area contributed by atoms with Gasteiger partial charge in [-0.05, 0) is 75.0 Å². The van der Waals surface area contributed by atoms with E-state index in [0.717, 1.165) is 34.8 Å². The van der Waals surface area contributed by atoms with Crippen molar-refractivity contribution >= 4 is 17.0 Å².